The number of furan rings is 1. The van der Waals surface area contributed by atoms with Gasteiger partial charge in [-0.05, 0) is 44.4 Å². The van der Waals surface area contributed by atoms with Crippen molar-refractivity contribution in [2.45, 2.75) is 57.9 Å². The third-order valence-electron chi connectivity index (χ3n) is 6.88. The Hall–Kier alpha value is -2.89. The summed E-state index contributed by atoms with van der Waals surface area (Å²) in [5.41, 5.74) is 1.49. The Balaban J connectivity index is 1.43. The number of para-hydroxylation sites is 1. The number of amides is 1. The standard InChI is InChI=1S/C25H30N4O2/c1-17-19(14-21(31-17)24(2,3)4)23(30)28-12-7-10-25(15-28)11-13-29(25)22-18-8-5-6-9-20(18)26-16-27-22/h5-6,8-9,14,16H,7,10-13,15H2,1-4H3/t25-/m0/s1. The Morgan fingerprint density at radius 1 is 1.13 bits per heavy atom. The average molecular weight is 419 g/mol. The molecule has 6 nitrogen and oxygen atoms in total. The first kappa shape index (κ1) is 20.0. The van der Waals surface area contributed by atoms with Gasteiger partial charge in [0.1, 0.15) is 23.7 Å². The molecule has 4 heterocycles. The monoisotopic (exact) mass is 418 g/mol. The van der Waals surface area contributed by atoms with Crippen molar-refractivity contribution in [3.05, 3.63) is 53.7 Å². The summed E-state index contributed by atoms with van der Waals surface area (Å²) < 4.78 is 5.95. The summed E-state index contributed by atoms with van der Waals surface area (Å²) in [5, 5.41) is 1.08. The highest BCUT2D eigenvalue weighted by molar-refractivity contribution is 5.96. The SMILES string of the molecule is Cc1oc(C(C)(C)C)cc1C(=O)N1CCC[C@]2(CCN2c2ncnc3ccccc23)C1. The highest BCUT2D eigenvalue weighted by Crippen LogP contribution is 2.43. The maximum Gasteiger partial charge on any atom is 0.257 e. The van der Waals surface area contributed by atoms with E-state index in [2.05, 4.69) is 41.7 Å². The Bertz CT molecular complexity index is 1140. The molecule has 1 amide bonds. The molecule has 6 heteroatoms. The smallest absolute Gasteiger partial charge is 0.257 e. The van der Waals surface area contributed by atoms with Gasteiger partial charge in [0.2, 0.25) is 0 Å². The van der Waals surface area contributed by atoms with Gasteiger partial charge in [0.05, 0.1) is 16.6 Å². The molecule has 2 aromatic heterocycles. The molecule has 162 valence electrons. The number of rotatable bonds is 2. The molecule has 1 aromatic carbocycles. The molecular weight excluding hydrogens is 388 g/mol. The maximum absolute atomic E-state index is 13.5. The van der Waals surface area contributed by atoms with E-state index in [1.54, 1.807) is 6.33 Å². The highest BCUT2D eigenvalue weighted by Gasteiger charge is 2.49. The number of carbonyl (C=O) groups excluding carboxylic acids is 1. The van der Waals surface area contributed by atoms with Gasteiger partial charge in [0, 0.05) is 30.4 Å². The number of anilines is 1. The van der Waals surface area contributed by atoms with E-state index in [1.807, 2.05) is 36.1 Å². The van der Waals surface area contributed by atoms with Crippen LogP contribution in [0.1, 0.15) is 61.9 Å². The fraction of sp³-hybridized carbons (Fsp3) is 0.480. The summed E-state index contributed by atoms with van der Waals surface area (Å²) in [6, 6.07) is 10.1. The van der Waals surface area contributed by atoms with E-state index in [4.69, 9.17) is 4.42 Å². The largest absolute Gasteiger partial charge is 0.465 e. The van der Waals surface area contributed by atoms with Crippen molar-refractivity contribution in [2.24, 2.45) is 0 Å². The van der Waals surface area contributed by atoms with Crippen molar-refractivity contribution < 1.29 is 9.21 Å². The molecule has 0 N–H and O–H groups in total. The first-order chi connectivity index (χ1) is 14.8. The number of carbonyl (C=O) groups is 1. The van der Waals surface area contributed by atoms with Crippen molar-refractivity contribution in [1.82, 2.24) is 14.9 Å². The predicted octanol–water partition coefficient (Wildman–Crippen LogP) is 4.71. The van der Waals surface area contributed by atoms with Gasteiger partial charge in [-0.25, -0.2) is 9.97 Å². The Morgan fingerprint density at radius 2 is 1.94 bits per heavy atom. The zero-order valence-electron chi connectivity index (χ0n) is 18.8. The zero-order valence-corrected chi connectivity index (χ0v) is 18.8. The molecule has 0 bridgehead atoms. The van der Waals surface area contributed by atoms with Crippen molar-refractivity contribution in [3.8, 4) is 0 Å². The maximum atomic E-state index is 13.5. The van der Waals surface area contributed by atoms with E-state index >= 15 is 0 Å². The molecule has 1 atom stereocenters. The lowest BCUT2D eigenvalue weighted by molar-refractivity contribution is 0.0560. The average Bonchev–Trinajstić information content (AvgIpc) is 3.15. The van der Waals surface area contributed by atoms with Crippen LogP contribution in [0.4, 0.5) is 5.82 Å². The number of piperidine rings is 1. The van der Waals surface area contributed by atoms with Crippen molar-refractivity contribution in [2.75, 3.05) is 24.5 Å². The van der Waals surface area contributed by atoms with Crippen molar-refractivity contribution in [1.29, 1.82) is 0 Å². The minimum Gasteiger partial charge on any atom is -0.465 e. The summed E-state index contributed by atoms with van der Waals surface area (Å²) in [6.45, 7) is 10.7. The van der Waals surface area contributed by atoms with Gasteiger partial charge in [-0.3, -0.25) is 4.79 Å². The number of aryl methyl sites for hydroxylation is 1. The molecule has 0 aliphatic carbocycles. The quantitative estimate of drug-likeness (QED) is 0.603. The summed E-state index contributed by atoms with van der Waals surface area (Å²) in [4.78, 5) is 27.0. The summed E-state index contributed by atoms with van der Waals surface area (Å²) in [5.74, 6) is 2.63. The minimum atomic E-state index is -0.120. The molecule has 3 aromatic rings. The zero-order chi connectivity index (χ0) is 21.8. The number of aromatic nitrogens is 2. The topological polar surface area (TPSA) is 62.5 Å². The van der Waals surface area contributed by atoms with Crippen LogP contribution in [-0.2, 0) is 5.41 Å². The van der Waals surface area contributed by atoms with Crippen LogP contribution in [0.2, 0.25) is 0 Å². The number of hydrogen-bond acceptors (Lipinski definition) is 5. The molecule has 2 aliphatic rings. The molecule has 2 saturated heterocycles. The van der Waals surface area contributed by atoms with Gasteiger partial charge in [-0.15, -0.1) is 0 Å². The first-order valence-electron chi connectivity index (χ1n) is 11.2. The van der Waals surface area contributed by atoms with Crippen LogP contribution in [0.25, 0.3) is 10.9 Å². The third-order valence-corrected chi connectivity index (χ3v) is 6.88. The van der Waals surface area contributed by atoms with E-state index in [9.17, 15) is 4.79 Å². The number of fused-ring (bicyclic) bond motifs is 1. The van der Waals surface area contributed by atoms with Gasteiger partial charge in [0.25, 0.3) is 5.91 Å². The van der Waals surface area contributed by atoms with E-state index in [1.165, 1.54) is 0 Å². The highest BCUT2D eigenvalue weighted by atomic mass is 16.3. The van der Waals surface area contributed by atoms with E-state index < -0.39 is 0 Å². The lowest BCUT2D eigenvalue weighted by Crippen LogP contribution is -2.68. The molecule has 31 heavy (non-hydrogen) atoms. The molecule has 2 aliphatic heterocycles. The number of likely N-dealkylation sites (tertiary alicyclic amines) is 1. The van der Waals surface area contributed by atoms with E-state index in [0.717, 1.165) is 61.4 Å². The molecule has 5 rings (SSSR count). The second-order valence-electron chi connectivity index (χ2n) is 10.0. The number of hydrogen-bond donors (Lipinski definition) is 0. The fourth-order valence-corrected chi connectivity index (χ4v) is 5.02. The molecule has 2 fully saturated rings. The van der Waals surface area contributed by atoms with Gasteiger partial charge < -0.3 is 14.2 Å². The second kappa shape index (κ2) is 7.08. The third kappa shape index (κ3) is 3.29. The summed E-state index contributed by atoms with van der Waals surface area (Å²) in [7, 11) is 0. The minimum absolute atomic E-state index is 0.0461. The van der Waals surface area contributed by atoms with Gasteiger partial charge in [-0.1, -0.05) is 32.9 Å². The predicted molar refractivity (Wildman–Crippen MR) is 122 cm³/mol. The molecule has 1 spiro atoms. The van der Waals surface area contributed by atoms with E-state index in [-0.39, 0.29) is 16.9 Å². The van der Waals surface area contributed by atoms with Gasteiger partial charge >= 0.3 is 0 Å². The second-order valence-corrected chi connectivity index (χ2v) is 10.0. The first-order valence-corrected chi connectivity index (χ1v) is 11.2. The van der Waals surface area contributed by atoms with E-state index in [0.29, 0.717) is 11.3 Å². The van der Waals surface area contributed by atoms with Crippen LogP contribution in [0.5, 0.6) is 0 Å². The lowest BCUT2D eigenvalue weighted by Gasteiger charge is -2.57. The van der Waals surface area contributed by atoms with Crippen LogP contribution >= 0.6 is 0 Å². The van der Waals surface area contributed by atoms with Crippen LogP contribution in [-0.4, -0.2) is 45.9 Å². The number of nitrogens with zero attached hydrogens (tertiary/aromatic N) is 4. The summed E-state index contributed by atoms with van der Waals surface area (Å²) in [6.07, 6.45) is 4.80. The molecule has 0 unspecified atom stereocenters. The van der Waals surface area contributed by atoms with Crippen LogP contribution in [0.15, 0.2) is 41.1 Å². The van der Waals surface area contributed by atoms with Crippen molar-refractivity contribution >= 4 is 22.6 Å². The molecule has 0 radical (unpaired) electrons. The normalized spacial score (nSPS) is 21.5. The van der Waals surface area contributed by atoms with Crippen LogP contribution < -0.4 is 4.90 Å². The molecular formula is C25H30N4O2. The fourth-order valence-electron chi connectivity index (χ4n) is 5.02. The Morgan fingerprint density at radius 3 is 2.65 bits per heavy atom. The van der Waals surface area contributed by atoms with Gasteiger partial charge in [0.15, 0.2) is 0 Å². The van der Waals surface area contributed by atoms with Gasteiger partial charge in [-0.2, -0.15) is 0 Å². The Labute approximate surface area is 183 Å². The van der Waals surface area contributed by atoms with Crippen LogP contribution in [0, 0.1) is 6.92 Å². The summed E-state index contributed by atoms with van der Waals surface area (Å²) >= 11 is 0. The Kier molecular flexibility index (Phi) is 4.57. The lowest BCUT2D eigenvalue weighted by atomic mass is 9.77. The van der Waals surface area contributed by atoms with Crippen LogP contribution in [0.3, 0.4) is 0 Å². The molecule has 0 saturated carbocycles. The number of benzene rings is 1. The van der Waals surface area contributed by atoms with Crippen molar-refractivity contribution in [3.63, 3.8) is 0 Å².